The number of rotatable bonds is 7. The number of methoxy groups -OCH3 is 1. The number of aromatic nitrogens is 4. The highest BCUT2D eigenvalue weighted by Crippen LogP contribution is 2.25. The molecule has 10 heteroatoms. The third-order valence-electron chi connectivity index (χ3n) is 3.79. The Hall–Kier alpha value is -3.27. The summed E-state index contributed by atoms with van der Waals surface area (Å²) < 4.78 is 10.4. The summed E-state index contributed by atoms with van der Waals surface area (Å²) in [5.74, 6) is -0.174. The number of ether oxygens (including phenoxy) is 2. The van der Waals surface area contributed by atoms with Crippen LogP contribution >= 0.6 is 11.3 Å². The molecule has 3 aromatic rings. The van der Waals surface area contributed by atoms with E-state index in [2.05, 4.69) is 20.7 Å². The van der Waals surface area contributed by atoms with Crippen LogP contribution in [0.3, 0.4) is 0 Å². The number of aryl methyl sites for hydroxylation is 1. The lowest BCUT2D eigenvalue weighted by Gasteiger charge is -2.15. The zero-order valence-electron chi connectivity index (χ0n) is 15.6. The van der Waals surface area contributed by atoms with Crippen molar-refractivity contribution in [3.05, 3.63) is 40.6 Å². The quantitative estimate of drug-likeness (QED) is 0.605. The monoisotopic (exact) mass is 401 g/mol. The van der Waals surface area contributed by atoms with E-state index < -0.39 is 18.0 Å². The summed E-state index contributed by atoms with van der Waals surface area (Å²) in [6.45, 7) is 3.14. The van der Waals surface area contributed by atoms with Gasteiger partial charge in [-0.2, -0.15) is 16.1 Å². The van der Waals surface area contributed by atoms with Gasteiger partial charge in [-0.15, -0.1) is 10.2 Å². The van der Waals surface area contributed by atoms with Crippen LogP contribution in [0.2, 0.25) is 0 Å². The Labute approximate surface area is 165 Å². The second kappa shape index (κ2) is 8.61. The molecular weight excluding hydrogens is 382 g/mol. The van der Waals surface area contributed by atoms with Crippen LogP contribution in [0.5, 0.6) is 5.75 Å². The van der Waals surface area contributed by atoms with Gasteiger partial charge in [0, 0.05) is 10.9 Å². The van der Waals surface area contributed by atoms with Gasteiger partial charge in [-0.25, -0.2) is 4.79 Å². The zero-order valence-corrected chi connectivity index (χ0v) is 16.4. The number of hydrogen-bond acceptors (Lipinski definition) is 8. The highest BCUT2D eigenvalue weighted by atomic mass is 32.1. The van der Waals surface area contributed by atoms with Crippen molar-refractivity contribution in [2.75, 3.05) is 12.4 Å². The van der Waals surface area contributed by atoms with Crippen molar-refractivity contribution >= 4 is 28.9 Å². The lowest BCUT2D eigenvalue weighted by atomic mass is 10.2. The summed E-state index contributed by atoms with van der Waals surface area (Å²) in [5.41, 5.74) is 2.29. The molecule has 0 aliphatic heterocycles. The van der Waals surface area contributed by atoms with E-state index in [1.165, 1.54) is 25.4 Å². The Morgan fingerprint density at radius 3 is 2.86 bits per heavy atom. The molecule has 2 heterocycles. The molecule has 0 bridgehead atoms. The van der Waals surface area contributed by atoms with Crippen molar-refractivity contribution in [1.29, 1.82) is 0 Å². The molecule has 1 atom stereocenters. The van der Waals surface area contributed by atoms with Crippen molar-refractivity contribution in [3.8, 4) is 17.1 Å². The minimum atomic E-state index is -1.00. The molecule has 0 radical (unpaired) electrons. The van der Waals surface area contributed by atoms with Gasteiger partial charge in [0.15, 0.2) is 12.6 Å². The first-order valence-corrected chi connectivity index (χ1v) is 9.36. The predicted molar refractivity (Wildman–Crippen MR) is 103 cm³/mol. The average Bonchev–Trinajstić information content (AvgIpc) is 3.33. The summed E-state index contributed by atoms with van der Waals surface area (Å²) in [5, 5.41) is 18.3. The number of carbonyl (C=O) groups is 2. The molecule has 0 spiro atoms. The van der Waals surface area contributed by atoms with Crippen molar-refractivity contribution in [2.24, 2.45) is 0 Å². The number of tetrazole rings is 1. The second-order valence-electron chi connectivity index (χ2n) is 5.98. The molecule has 1 N–H and O–H groups in total. The van der Waals surface area contributed by atoms with Gasteiger partial charge in [0.25, 0.3) is 5.91 Å². The molecule has 0 fully saturated rings. The number of thiophene rings is 1. The molecular formula is C18H19N5O4S. The third-order valence-corrected chi connectivity index (χ3v) is 4.48. The Morgan fingerprint density at radius 2 is 2.14 bits per heavy atom. The molecule has 146 valence electrons. The minimum absolute atomic E-state index is 0.247. The fraction of sp³-hybridized carbons (Fsp3) is 0.278. The van der Waals surface area contributed by atoms with Gasteiger partial charge in [0.1, 0.15) is 5.75 Å². The van der Waals surface area contributed by atoms with Gasteiger partial charge in [-0.05, 0) is 48.2 Å². The maximum atomic E-state index is 12.3. The minimum Gasteiger partial charge on any atom is -0.495 e. The van der Waals surface area contributed by atoms with Crippen LogP contribution < -0.4 is 10.1 Å². The number of nitrogens with one attached hydrogen (secondary N) is 1. The summed E-state index contributed by atoms with van der Waals surface area (Å²) in [4.78, 5) is 25.6. The standard InChI is InChI=1S/C18H19N5O4S/c1-11-4-5-15(26-3)14(8-11)19-18(25)12(2)27-16(24)9-23-21-17(20-22-23)13-6-7-28-10-13/h4-8,10,12H,9H2,1-3H3,(H,19,25)/t12-/m1/s1. The first kappa shape index (κ1) is 19.5. The molecule has 0 saturated carbocycles. The van der Waals surface area contributed by atoms with E-state index in [1.807, 2.05) is 29.8 Å². The summed E-state index contributed by atoms with van der Waals surface area (Å²) in [6.07, 6.45) is -1.00. The van der Waals surface area contributed by atoms with Crippen LogP contribution in [0.15, 0.2) is 35.0 Å². The van der Waals surface area contributed by atoms with Crippen LogP contribution in [0.25, 0.3) is 11.4 Å². The number of esters is 1. The van der Waals surface area contributed by atoms with Gasteiger partial charge in [0.2, 0.25) is 5.82 Å². The van der Waals surface area contributed by atoms with Gasteiger partial charge in [0.05, 0.1) is 12.8 Å². The number of benzene rings is 1. The van der Waals surface area contributed by atoms with E-state index in [0.717, 1.165) is 15.9 Å². The van der Waals surface area contributed by atoms with Gasteiger partial charge in [-0.1, -0.05) is 6.07 Å². The summed E-state index contributed by atoms with van der Waals surface area (Å²) >= 11 is 1.51. The Bertz CT molecular complexity index is 970. The average molecular weight is 401 g/mol. The van der Waals surface area contributed by atoms with Crippen LogP contribution in [0, 0.1) is 6.92 Å². The van der Waals surface area contributed by atoms with Crippen molar-refractivity contribution in [2.45, 2.75) is 26.5 Å². The van der Waals surface area contributed by atoms with Crippen LogP contribution in [-0.2, 0) is 20.9 Å². The highest BCUT2D eigenvalue weighted by molar-refractivity contribution is 7.08. The van der Waals surface area contributed by atoms with Gasteiger partial charge < -0.3 is 14.8 Å². The SMILES string of the molecule is COc1ccc(C)cc1NC(=O)[C@@H](C)OC(=O)Cn1nnc(-c2ccsc2)n1. The van der Waals surface area contributed by atoms with E-state index in [-0.39, 0.29) is 6.54 Å². The largest absolute Gasteiger partial charge is 0.495 e. The molecule has 1 amide bonds. The number of amides is 1. The molecule has 0 aliphatic carbocycles. The maximum absolute atomic E-state index is 12.3. The molecule has 2 aromatic heterocycles. The highest BCUT2D eigenvalue weighted by Gasteiger charge is 2.20. The summed E-state index contributed by atoms with van der Waals surface area (Å²) in [7, 11) is 1.51. The van der Waals surface area contributed by atoms with Crippen LogP contribution in [0.1, 0.15) is 12.5 Å². The van der Waals surface area contributed by atoms with E-state index in [4.69, 9.17) is 9.47 Å². The molecule has 3 rings (SSSR count). The fourth-order valence-corrected chi connectivity index (χ4v) is 3.01. The van der Waals surface area contributed by atoms with E-state index >= 15 is 0 Å². The first-order chi connectivity index (χ1) is 13.5. The van der Waals surface area contributed by atoms with Gasteiger partial charge >= 0.3 is 5.97 Å². The Balaban J connectivity index is 1.57. The van der Waals surface area contributed by atoms with Crippen LogP contribution in [0.4, 0.5) is 5.69 Å². The molecule has 0 aliphatic rings. The molecule has 0 unspecified atom stereocenters. The van der Waals surface area contributed by atoms with E-state index in [0.29, 0.717) is 17.3 Å². The fourth-order valence-electron chi connectivity index (χ4n) is 2.37. The van der Waals surface area contributed by atoms with Crippen molar-refractivity contribution in [1.82, 2.24) is 20.2 Å². The van der Waals surface area contributed by atoms with E-state index in [9.17, 15) is 9.59 Å². The normalized spacial score (nSPS) is 11.7. The predicted octanol–water partition coefficient (Wildman–Crippen LogP) is 2.29. The van der Waals surface area contributed by atoms with Crippen molar-refractivity contribution < 1.29 is 19.1 Å². The second-order valence-corrected chi connectivity index (χ2v) is 6.76. The zero-order chi connectivity index (χ0) is 20.1. The molecule has 9 nitrogen and oxygen atoms in total. The Morgan fingerprint density at radius 1 is 1.32 bits per heavy atom. The smallest absolute Gasteiger partial charge is 0.330 e. The molecule has 28 heavy (non-hydrogen) atoms. The lowest BCUT2D eigenvalue weighted by molar-refractivity contribution is -0.154. The molecule has 1 aromatic carbocycles. The third kappa shape index (κ3) is 4.71. The van der Waals surface area contributed by atoms with Crippen molar-refractivity contribution in [3.63, 3.8) is 0 Å². The van der Waals surface area contributed by atoms with E-state index in [1.54, 1.807) is 12.1 Å². The molecule has 0 saturated heterocycles. The maximum Gasteiger partial charge on any atom is 0.330 e. The number of hydrogen-bond donors (Lipinski definition) is 1. The first-order valence-electron chi connectivity index (χ1n) is 8.41. The number of nitrogens with zero attached hydrogens (tertiary/aromatic N) is 4. The topological polar surface area (TPSA) is 108 Å². The lowest BCUT2D eigenvalue weighted by Crippen LogP contribution is -2.31. The number of anilines is 1. The Kier molecular flexibility index (Phi) is 5.99. The number of carbonyl (C=O) groups excluding carboxylic acids is 2. The van der Waals surface area contributed by atoms with Crippen LogP contribution in [-0.4, -0.2) is 45.3 Å². The van der Waals surface area contributed by atoms with Gasteiger partial charge in [-0.3, -0.25) is 4.79 Å². The summed E-state index contributed by atoms with van der Waals surface area (Å²) in [6, 6.07) is 7.25.